The predicted octanol–water partition coefficient (Wildman–Crippen LogP) is 1.55. The zero-order chi connectivity index (χ0) is 14.3. The van der Waals surface area contributed by atoms with Crippen LogP contribution in [0.1, 0.15) is 39.9 Å². The van der Waals surface area contributed by atoms with Crippen LogP contribution in [0.3, 0.4) is 0 Å². The van der Waals surface area contributed by atoms with E-state index in [0.29, 0.717) is 17.1 Å². The number of Topliss-reactive ketones (excluding diaryl/α,β-unsaturated/α-hetero) is 1. The van der Waals surface area contributed by atoms with Gasteiger partial charge >= 0.3 is 5.97 Å². The van der Waals surface area contributed by atoms with Gasteiger partial charge in [0.05, 0.1) is 0 Å². The molecule has 7 heteroatoms. The molecule has 4 rings (SSSR count). The molecule has 4 heterocycles. The number of nitrogens with zero attached hydrogens (tertiary/aromatic N) is 2. The molecule has 1 aromatic rings. The van der Waals surface area contributed by atoms with E-state index >= 15 is 0 Å². The summed E-state index contributed by atoms with van der Waals surface area (Å²) in [6.07, 6.45) is 2.35. The van der Waals surface area contributed by atoms with Crippen LogP contribution in [-0.2, 0) is 0 Å². The van der Waals surface area contributed by atoms with E-state index in [1.54, 1.807) is 0 Å². The lowest BCUT2D eigenvalue weighted by molar-refractivity contribution is 0.0687. The zero-order valence-corrected chi connectivity index (χ0v) is 12.1. The van der Waals surface area contributed by atoms with E-state index in [-0.39, 0.29) is 16.4 Å². The number of carboxylic acid groups (broad SMARTS) is 1. The van der Waals surface area contributed by atoms with Crippen LogP contribution in [0, 0.1) is 5.92 Å². The van der Waals surface area contributed by atoms with Crippen molar-refractivity contribution in [1.29, 1.82) is 0 Å². The van der Waals surface area contributed by atoms with Gasteiger partial charge in [-0.25, -0.2) is 9.78 Å². The maximum atomic E-state index is 11.5. The molecule has 1 aromatic heterocycles. The molecule has 3 aliphatic heterocycles. The molecule has 0 spiro atoms. The third kappa shape index (κ3) is 2.43. The SMILES string of the molecule is CC(=O)c1sc(NC2CN3CCC2CC3)nc1C(=O)O. The van der Waals surface area contributed by atoms with Crippen molar-refractivity contribution in [3.63, 3.8) is 0 Å². The predicted molar refractivity (Wildman–Crippen MR) is 75.7 cm³/mol. The molecule has 1 unspecified atom stereocenters. The topological polar surface area (TPSA) is 82.5 Å². The summed E-state index contributed by atoms with van der Waals surface area (Å²) in [6.45, 7) is 4.65. The summed E-state index contributed by atoms with van der Waals surface area (Å²) in [5.74, 6) is -0.770. The average Bonchev–Trinajstić information content (AvgIpc) is 2.84. The molecule has 0 aromatic carbocycles. The minimum absolute atomic E-state index is 0.133. The highest BCUT2D eigenvalue weighted by molar-refractivity contribution is 7.17. The summed E-state index contributed by atoms with van der Waals surface area (Å²) in [6, 6.07) is 0.310. The second-order valence-corrected chi connectivity index (χ2v) is 6.45. The van der Waals surface area contributed by atoms with Crippen LogP contribution in [0.15, 0.2) is 0 Å². The number of anilines is 1. The number of fused-ring (bicyclic) bond motifs is 3. The van der Waals surface area contributed by atoms with Gasteiger partial charge in [-0.15, -0.1) is 0 Å². The van der Waals surface area contributed by atoms with Crippen molar-refractivity contribution >= 4 is 28.2 Å². The molecule has 0 amide bonds. The molecular weight excluding hydrogens is 278 g/mol. The van der Waals surface area contributed by atoms with E-state index in [9.17, 15) is 9.59 Å². The Morgan fingerprint density at radius 3 is 2.55 bits per heavy atom. The largest absolute Gasteiger partial charge is 0.476 e. The van der Waals surface area contributed by atoms with Crippen molar-refractivity contribution in [3.8, 4) is 0 Å². The quantitative estimate of drug-likeness (QED) is 0.820. The smallest absolute Gasteiger partial charge is 0.356 e. The minimum Gasteiger partial charge on any atom is -0.476 e. The van der Waals surface area contributed by atoms with Crippen LogP contribution in [0.4, 0.5) is 5.13 Å². The van der Waals surface area contributed by atoms with Gasteiger partial charge in [0, 0.05) is 19.5 Å². The zero-order valence-electron chi connectivity index (χ0n) is 11.3. The van der Waals surface area contributed by atoms with Crippen molar-refractivity contribution in [2.24, 2.45) is 5.92 Å². The van der Waals surface area contributed by atoms with Crippen LogP contribution < -0.4 is 5.32 Å². The lowest BCUT2D eigenvalue weighted by Gasteiger charge is -2.44. The Morgan fingerprint density at radius 1 is 1.40 bits per heavy atom. The molecule has 3 fully saturated rings. The Balaban J connectivity index is 1.79. The van der Waals surface area contributed by atoms with Crippen LogP contribution >= 0.6 is 11.3 Å². The number of carboxylic acids is 1. The fourth-order valence-corrected chi connectivity index (χ4v) is 3.97. The van der Waals surface area contributed by atoms with E-state index in [0.717, 1.165) is 31.0 Å². The number of nitrogens with one attached hydrogen (secondary N) is 1. The number of carbonyl (C=O) groups is 2. The summed E-state index contributed by atoms with van der Waals surface area (Å²) < 4.78 is 0. The number of aromatic nitrogens is 1. The molecule has 1 atom stereocenters. The van der Waals surface area contributed by atoms with Crippen molar-refractivity contribution in [3.05, 3.63) is 10.6 Å². The highest BCUT2D eigenvalue weighted by Gasteiger charge is 2.34. The second kappa shape index (κ2) is 5.14. The van der Waals surface area contributed by atoms with Gasteiger partial charge in [0.15, 0.2) is 16.6 Å². The van der Waals surface area contributed by atoms with Crippen LogP contribution in [-0.4, -0.2) is 52.4 Å². The molecule has 0 radical (unpaired) electrons. The number of ketones is 1. The third-order valence-corrected chi connectivity index (χ3v) is 5.20. The number of piperidine rings is 3. The monoisotopic (exact) mass is 295 g/mol. The van der Waals surface area contributed by atoms with Gasteiger partial charge in [-0.2, -0.15) is 0 Å². The van der Waals surface area contributed by atoms with E-state index in [4.69, 9.17) is 5.11 Å². The third-order valence-electron chi connectivity index (χ3n) is 4.11. The van der Waals surface area contributed by atoms with Crippen LogP contribution in [0.5, 0.6) is 0 Å². The lowest BCUT2D eigenvalue weighted by Crippen LogP contribution is -2.53. The summed E-state index contributed by atoms with van der Waals surface area (Å²) in [5.41, 5.74) is -0.133. The fraction of sp³-hybridized carbons (Fsp3) is 0.615. The first-order valence-corrected chi connectivity index (χ1v) is 7.60. The van der Waals surface area contributed by atoms with Crippen molar-refractivity contribution in [1.82, 2.24) is 9.88 Å². The van der Waals surface area contributed by atoms with E-state index in [1.165, 1.54) is 19.8 Å². The Kier molecular flexibility index (Phi) is 3.47. The molecule has 2 bridgehead atoms. The molecule has 2 N–H and O–H groups in total. The van der Waals surface area contributed by atoms with Gasteiger partial charge in [-0.05, 0) is 31.8 Å². The molecule has 0 aliphatic carbocycles. The van der Waals surface area contributed by atoms with E-state index in [1.807, 2.05) is 0 Å². The van der Waals surface area contributed by atoms with Gasteiger partial charge in [0.1, 0.15) is 4.88 Å². The molecule has 20 heavy (non-hydrogen) atoms. The molecule has 108 valence electrons. The number of carbonyl (C=O) groups excluding carboxylic acids is 1. The molecule has 3 aliphatic rings. The second-order valence-electron chi connectivity index (χ2n) is 5.45. The Bertz CT molecular complexity index is 518. The number of thiazole rings is 1. The fourth-order valence-electron chi connectivity index (χ4n) is 3.05. The average molecular weight is 295 g/mol. The van der Waals surface area contributed by atoms with Gasteiger partial charge in [0.2, 0.25) is 0 Å². The first-order chi connectivity index (χ1) is 9.54. The van der Waals surface area contributed by atoms with Crippen molar-refractivity contribution in [2.75, 3.05) is 25.0 Å². The summed E-state index contributed by atoms with van der Waals surface area (Å²) in [7, 11) is 0. The maximum absolute atomic E-state index is 11.5. The maximum Gasteiger partial charge on any atom is 0.356 e. The first-order valence-electron chi connectivity index (χ1n) is 6.78. The number of aromatic carboxylic acids is 1. The summed E-state index contributed by atoms with van der Waals surface area (Å²) in [4.78, 5) is 29.3. The number of hydrogen-bond acceptors (Lipinski definition) is 6. The highest BCUT2D eigenvalue weighted by Crippen LogP contribution is 2.31. The van der Waals surface area contributed by atoms with E-state index in [2.05, 4.69) is 15.2 Å². The number of rotatable bonds is 4. The number of hydrogen-bond donors (Lipinski definition) is 2. The first kappa shape index (κ1) is 13.5. The molecule has 3 saturated heterocycles. The summed E-state index contributed by atoms with van der Waals surface area (Å²) in [5, 5.41) is 13.0. The molecule has 6 nitrogen and oxygen atoms in total. The van der Waals surface area contributed by atoms with Gasteiger partial charge in [-0.1, -0.05) is 11.3 Å². The highest BCUT2D eigenvalue weighted by atomic mass is 32.1. The molecule has 0 saturated carbocycles. The van der Waals surface area contributed by atoms with Crippen LogP contribution in [0.25, 0.3) is 0 Å². The lowest BCUT2D eigenvalue weighted by atomic mass is 9.84. The summed E-state index contributed by atoms with van der Waals surface area (Å²) >= 11 is 1.15. The van der Waals surface area contributed by atoms with Gasteiger partial charge in [0.25, 0.3) is 0 Å². The minimum atomic E-state index is -1.14. The molecular formula is C13H17N3O3S. The van der Waals surface area contributed by atoms with Gasteiger partial charge in [-0.3, -0.25) is 4.79 Å². The Labute approximate surface area is 120 Å². The Hall–Kier alpha value is -1.47. The van der Waals surface area contributed by atoms with Crippen molar-refractivity contribution < 1.29 is 14.7 Å². The van der Waals surface area contributed by atoms with Crippen molar-refractivity contribution in [2.45, 2.75) is 25.8 Å². The normalized spacial score (nSPS) is 28.4. The van der Waals surface area contributed by atoms with E-state index < -0.39 is 5.97 Å². The Morgan fingerprint density at radius 2 is 2.10 bits per heavy atom. The van der Waals surface area contributed by atoms with Crippen LogP contribution in [0.2, 0.25) is 0 Å². The van der Waals surface area contributed by atoms with Gasteiger partial charge < -0.3 is 15.3 Å². The standard InChI is InChI=1S/C13H17N3O3S/c1-7(17)11-10(12(18)19)15-13(20-11)14-9-6-16-4-2-8(9)3-5-16/h8-9H,2-6H2,1H3,(H,14,15)(H,18,19).